The maximum absolute atomic E-state index is 13.7. The third-order valence-corrected chi connectivity index (χ3v) is 6.12. The minimum absolute atomic E-state index is 0. The molecule has 200 valence electrons. The third kappa shape index (κ3) is 7.31. The summed E-state index contributed by atoms with van der Waals surface area (Å²) in [4.78, 5) is 37.7. The van der Waals surface area contributed by atoms with Gasteiger partial charge in [0.15, 0.2) is 11.6 Å². The average Bonchev–Trinajstić information content (AvgIpc) is 2.90. The predicted octanol–water partition coefficient (Wildman–Crippen LogP) is 6.82. The van der Waals surface area contributed by atoms with Crippen LogP contribution in [0.25, 0.3) is 11.3 Å². The Hall–Kier alpha value is -4.46. The van der Waals surface area contributed by atoms with Gasteiger partial charge >= 0.3 is 6.18 Å². The van der Waals surface area contributed by atoms with Crippen LogP contribution in [0.1, 0.15) is 51.4 Å². The van der Waals surface area contributed by atoms with Gasteiger partial charge in [-0.15, -0.1) is 0 Å². The van der Waals surface area contributed by atoms with Gasteiger partial charge in [-0.2, -0.15) is 13.2 Å². The van der Waals surface area contributed by atoms with E-state index in [1.54, 1.807) is 30.7 Å². The summed E-state index contributed by atoms with van der Waals surface area (Å²) in [5.41, 5.74) is 2.91. The Morgan fingerprint density at radius 3 is 2.46 bits per heavy atom. The van der Waals surface area contributed by atoms with Gasteiger partial charge in [0.2, 0.25) is 0 Å². The van der Waals surface area contributed by atoms with Gasteiger partial charge in [-0.25, -0.2) is 9.97 Å². The first-order valence-corrected chi connectivity index (χ1v) is 11.8. The summed E-state index contributed by atoms with van der Waals surface area (Å²) >= 11 is 0. The van der Waals surface area contributed by atoms with Crippen molar-refractivity contribution in [2.75, 3.05) is 0 Å². The molecule has 0 fully saturated rings. The van der Waals surface area contributed by atoms with Crippen LogP contribution in [0.4, 0.5) is 13.2 Å². The molecule has 0 amide bonds. The number of alkyl halides is 3. The topological polar surface area (TPSA) is 72.8 Å². The molecule has 5 nitrogen and oxygen atoms in total. The molecule has 0 spiro atoms. The minimum Gasteiger partial charge on any atom is -0.295 e. The van der Waals surface area contributed by atoms with Crippen molar-refractivity contribution in [2.24, 2.45) is 0 Å². The number of aromatic nitrogens is 3. The fraction of sp³-hybridized carbons (Fsp3) is 0.194. The van der Waals surface area contributed by atoms with Crippen molar-refractivity contribution in [1.82, 2.24) is 15.0 Å². The highest BCUT2D eigenvalue weighted by Crippen LogP contribution is 2.33. The quantitative estimate of drug-likeness (QED) is 0.175. The van der Waals surface area contributed by atoms with Gasteiger partial charge in [0.1, 0.15) is 5.82 Å². The Morgan fingerprint density at radius 2 is 1.77 bits per heavy atom. The number of hydrogen-bond acceptors (Lipinski definition) is 5. The normalized spacial score (nSPS) is 11.0. The molecule has 0 atom stereocenters. The largest absolute Gasteiger partial charge is 0.416 e. The zero-order chi connectivity index (χ0) is 27.3. The molecule has 0 aliphatic rings. The van der Waals surface area contributed by atoms with Crippen LogP contribution in [-0.4, -0.2) is 26.5 Å². The number of benzene rings is 2. The minimum atomic E-state index is -4.70. The van der Waals surface area contributed by atoms with Crippen molar-refractivity contribution in [3.05, 3.63) is 125 Å². The van der Waals surface area contributed by atoms with Gasteiger partial charge in [-0.05, 0) is 59.5 Å². The van der Waals surface area contributed by atoms with E-state index in [4.69, 9.17) is 0 Å². The first kappa shape index (κ1) is 29.1. The first-order valence-electron chi connectivity index (χ1n) is 11.8. The number of pyridine rings is 1. The fourth-order valence-corrected chi connectivity index (χ4v) is 4.07. The number of Topliss-reactive ketones (excluding diaryl/α,β-unsaturated/α-hetero) is 1. The zero-order valence-corrected chi connectivity index (χ0v) is 20.6. The van der Waals surface area contributed by atoms with Crippen molar-refractivity contribution in [2.45, 2.75) is 39.8 Å². The maximum Gasteiger partial charge on any atom is 0.416 e. The van der Waals surface area contributed by atoms with Crippen molar-refractivity contribution in [1.29, 1.82) is 0 Å². The average molecular weight is 532 g/mol. The van der Waals surface area contributed by atoms with E-state index in [-0.39, 0.29) is 25.0 Å². The van der Waals surface area contributed by atoms with E-state index in [1.165, 1.54) is 12.1 Å². The number of aryl methyl sites for hydroxylation is 1. The second-order valence-corrected chi connectivity index (χ2v) is 8.85. The van der Waals surface area contributed by atoms with Crippen LogP contribution in [0.15, 0.2) is 85.8 Å². The van der Waals surface area contributed by atoms with Crippen LogP contribution < -0.4 is 0 Å². The predicted molar refractivity (Wildman–Crippen MR) is 144 cm³/mol. The lowest BCUT2D eigenvalue weighted by Crippen LogP contribution is -2.14. The lowest BCUT2D eigenvalue weighted by atomic mass is 9.94. The Bertz CT molecular complexity index is 1500. The Morgan fingerprint density at radius 1 is 0.974 bits per heavy atom. The highest BCUT2D eigenvalue weighted by atomic mass is 19.4. The number of ketones is 2. The van der Waals surface area contributed by atoms with Crippen LogP contribution in [0.3, 0.4) is 0 Å². The summed E-state index contributed by atoms with van der Waals surface area (Å²) in [5, 5.41) is 0. The number of halogens is 3. The highest BCUT2D eigenvalue weighted by molar-refractivity contribution is 5.98. The molecule has 2 heterocycles. The van der Waals surface area contributed by atoms with E-state index >= 15 is 0 Å². The van der Waals surface area contributed by atoms with E-state index < -0.39 is 29.7 Å². The molecule has 0 saturated heterocycles. The summed E-state index contributed by atoms with van der Waals surface area (Å²) in [6.45, 7) is 5.24. The molecule has 0 unspecified atom stereocenters. The fourth-order valence-electron chi connectivity index (χ4n) is 4.07. The van der Waals surface area contributed by atoms with Crippen molar-refractivity contribution < 1.29 is 22.8 Å². The van der Waals surface area contributed by atoms with Crippen LogP contribution in [-0.2, 0) is 30.2 Å². The van der Waals surface area contributed by atoms with Crippen LogP contribution in [0, 0.1) is 6.92 Å². The number of carbonyl (C=O) groups is 2. The molecule has 0 N–H and O–H groups in total. The van der Waals surface area contributed by atoms with E-state index in [2.05, 4.69) is 21.5 Å². The molecule has 8 heteroatoms. The summed E-state index contributed by atoms with van der Waals surface area (Å²) in [5.74, 6) is -0.393. The van der Waals surface area contributed by atoms with E-state index in [1.807, 2.05) is 31.2 Å². The lowest BCUT2D eigenvalue weighted by molar-refractivity contribution is -0.138. The van der Waals surface area contributed by atoms with Crippen molar-refractivity contribution in [3.63, 3.8) is 0 Å². The summed E-state index contributed by atoms with van der Waals surface area (Å²) in [6.07, 6.45) is 1.28. The number of hydrogen-bond donors (Lipinski definition) is 0. The Balaban J connectivity index is 0.00000420. The lowest BCUT2D eigenvalue weighted by Gasteiger charge is -2.14. The molecule has 39 heavy (non-hydrogen) atoms. The van der Waals surface area contributed by atoms with Gasteiger partial charge in [0.05, 0.1) is 11.3 Å². The number of rotatable bonds is 9. The van der Waals surface area contributed by atoms with Gasteiger partial charge < -0.3 is 0 Å². The van der Waals surface area contributed by atoms with Gasteiger partial charge in [-0.1, -0.05) is 44.3 Å². The standard InChI is InChI=1S/C30H24F3N3O2.CH4/c1-3-25(37)15-21-8-9-22(16-26(21)30(31,32)33)28(38)14-20-7-6-19(2)24(13-20)17-29-35-12-10-27(36-29)23-5-4-11-34-18-23;/h3-13,16,18H,1,14-15,17H2,2H3;1H4. The van der Waals surface area contributed by atoms with E-state index in [9.17, 15) is 22.8 Å². The number of allylic oxidation sites excluding steroid dienone is 1. The highest BCUT2D eigenvalue weighted by Gasteiger charge is 2.34. The molecule has 0 radical (unpaired) electrons. The molecule has 0 bridgehead atoms. The maximum atomic E-state index is 13.7. The smallest absolute Gasteiger partial charge is 0.295 e. The van der Waals surface area contributed by atoms with Crippen LogP contribution in [0.5, 0.6) is 0 Å². The molecule has 0 saturated carbocycles. The van der Waals surface area contributed by atoms with E-state index in [0.717, 1.165) is 34.5 Å². The van der Waals surface area contributed by atoms with E-state index in [0.29, 0.717) is 17.8 Å². The molecular weight excluding hydrogens is 503 g/mol. The first-order chi connectivity index (χ1) is 18.1. The SMILES string of the molecule is C.C=CC(=O)Cc1ccc(C(=O)Cc2ccc(C)c(Cc3nccc(-c4cccnc4)n3)c2)cc1C(F)(F)F. The monoisotopic (exact) mass is 531 g/mol. The molecule has 0 aliphatic carbocycles. The molecule has 4 aromatic rings. The van der Waals surface area contributed by atoms with Gasteiger partial charge in [-0.3, -0.25) is 14.6 Å². The number of nitrogens with zero attached hydrogens (tertiary/aromatic N) is 3. The zero-order valence-electron chi connectivity index (χ0n) is 20.6. The Labute approximate surface area is 225 Å². The second kappa shape index (κ2) is 12.4. The molecule has 0 aliphatic heterocycles. The molecule has 4 rings (SSSR count). The van der Waals surface area contributed by atoms with Crippen molar-refractivity contribution >= 4 is 11.6 Å². The van der Waals surface area contributed by atoms with Gasteiger partial charge in [0.25, 0.3) is 0 Å². The number of carbonyl (C=O) groups excluding carboxylic acids is 2. The van der Waals surface area contributed by atoms with Gasteiger partial charge in [0, 0.05) is 49.0 Å². The van der Waals surface area contributed by atoms with Crippen molar-refractivity contribution in [3.8, 4) is 11.3 Å². The summed E-state index contributed by atoms with van der Waals surface area (Å²) in [7, 11) is 0. The van der Waals surface area contributed by atoms with Crippen LogP contribution in [0.2, 0.25) is 0 Å². The molecular formula is C31H28F3N3O2. The second-order valence-electron chi connectivity index (χ2n) is 8.85. The summed E-state index contributed by atoms with van der Waals surface area (Å²) < 4.78 is 41.0. The Kier molecular flexibility index (Phi) is 9.24. The molecule has 2 aromatic heterocycles. The molecule has 2 aromatic carbocycles. The summed E-state index contributed by atoms with van der Waals surface area (Å²) in [6, 6.07) is 14.4. The third-order valence-electron chi connectivity index (χ3n) is 6.12. The van der Waals surface area contributed by atoms with Crippen LogP contribution >= 0.6 is 0 Å².